The van der Waals surface area contributed by atoms with E-state index < -0.39 is 5.54 Å². The van der Waals surface area contributed by atoms with Crippen LogP contribution in [0.2, 0.25) is 0 Å². The predicted octanol–water partition coefficient (Wildman–Crippen LogP) is 2.61. The molecule has 7 nitrogen and oxygen atoms in total. The lowest BCUT2D eigenvalue weighted by Crippen LogP contribution is -2.51. The number of imide groups is 1. The third-order valence-electron chi connectivity index (χ3n) is 6.46. The highest BCUT2D eigenvalue weighted by Crippen LogP contribution is 2.42. The summed E-state index contributed by atoms with van der Waals surface area (Å²) in [5, 5.41) is 6.13. The first-order valence-corrected chi connectivity index (χ1v) is 11.5. The Hall–Kier alpha value is -2.29. The van der Waals surface area contributed by atoms with Crippen LogP contribution in [0.4, 0.5) is 4.79 Å². The van der Waals surface area contributed by atoms with E-state index in [-0.39, 0.29) is 11.9 Å². The van der Waals surface area contributed by atoms with Crippen molar-refractivity contribution in [1.82, 2.24) is 25.0 Å². The number of nitrogens with one attached hydrogen (secondary N) is 1. The predicted molar refractivity (Wildman–Crippen MR) is 116 cm³/mol. The first-order valence-electron chi connectivity index (χ1n) is 10.6. The van der Waals surface area contributed by atoms with Crippen LogP contribution in [-0.2, 0) is 11.3 Å². The van der Waals surface area contributed by atoms with Gasteiger partial charge in [-0.3, -0.25) is 14.6 Å². The van der Waals surface area contributed by atoms with Crippen LogP contribution < -0.4 is 5.32 Å². The van der Waals surface area contributed by atoms with Gasteiger partial charge >= 0.3 is 6.03 Å². The summed E-state index contributed by atoms with van der Waals surface area (Å²) in [5.41, 5.74) is 1.56. The van der Waals surface area contributed by atoms with Gasteiger partial charge in [-0.1, -0.05) is 30.3 Å². The summed E-state index contributed by atoms with van der Waals surface area (Å²) in [6.45, 7) is 6.58. The van der Waals surface area contributed by atoms with E-state index >= 15 is 0 Å². The molecule has 8 heteroatoms. The minimum Gasteiger partial charge on any atom is -0.323 e. The van der Waals surface area contributed by atoms with Crippen molar-refractivity contribution in [3.8, 4) is 10.6 Å². The van der Waals surface area contributed by atoms with E-state index in [1.54, 1.807) is 11.3 Å². The molecule has 2 aromatic rings. The SMILES string of the molecule is C[C@@]1(C2CC2)NC(=O)N(CN2CCN(Cc3csc(-c4ccccc4)n3)CC2)C1=O. The number of thiazole rings is 1. The fourth-order valence-electron chi connectivity index (χ4n) is 4.39. The third-order valence-corrected chi connectivity index (χ3v) is 7.40. The lowest BCUT2D eigenvalue weighted by molar-refractivity contribution is -0.133. The van der Waals surface area contributed by atoms with Crippen molar-refractivity contribution in [1.29, 1.82) is 0 Å². The molecule has 2 aliphatic heterocycles. The number of benzene rings is 1. The van der Waals surface area contributed by atoms with Crippen LogP contribution in [0.15, 0.2) is 35.7 Å². The van der Waals surface area contributed by atoms with Crippen LogP contribution in [-0.4, -0.2) is 70.0 Å². The van der Waals surface area contributed by atoms with E-state index in [1.165, 1.54) is 4.90 Å². The number of hydrogen-bond donors (Lipinski definition) is 1. The number of hydrogen-bond acceptors (Lipinski definition) is 6. The monoisotopic (exact) mass is 425 g/mol. The Morgan fingerprint density at radius 2 is 1.80 bits per heavy atom. The molecule has 158 valence electrons. The smallest absolute Gasteiger partial charge is 0.323 e. The Kier molecular flexibility index (Phi) is 5.08. The molecule has 0 radical (unpaired) electrons. The van der Waals surface area contributed by atoms with Crippen molar-refractivity contribution in [2.45, 2.75) is 31.8 Å². The fourth-order valence-corrected chi connectivity index (χ4v) is 5.21. The zero-order valence-corrected chi connectivity index (χ0v) is 18.0. The maximum Gasteiger partial charge on any atom is 0.326 e. The molecule has 3 heterocycles. The summed E-state index contributed by atoms with van der Waals surface area (Å²) in [4.78, 5) is 36.0. The highest BCUT2D eigenvalue weighted by atomic mass is 32.1. The summed E-state index contributed by atoms with van der Waals surface area (Å²) in [7, 11) is 0. The van der Waals surface area contributed by atoms with Crippen molar-refractivity contribution in [2.24, 2.45) is 5.92 Å². The molecule has 1 saturated carbocycles. The molecule has 5 rings (SSSR count). The van der Waals surface area contributed by atoms with Gasteiger partial charge in [0.05, 0.1) is 12.4 Å². The molecule has 0 spiro atoms. The van der Waals surface area contributed by atoms with Gasteiger partial charge in [0.15, 0.2) is 0 Å². The van der Waals surface area contributed by atoms with Crippen LogP contribution in [0.25, 0.3) is 10.6 Å². The van der Waals surface area contributed by atoms with Crippen LogP contribution in [0, 0.1) is 5.92 Å². The van der Waals surface area contributed by atoms with Crippen molar-refractivity contribution >= 4 is 23.3 Å². The second-order valence-corrected chi connectivity index (χ2v) is 9.54. The zero-order valence-electron chi connectivity index (χ0n) is 17.2. The standard InChI is InChI=1S/C22H27N5O2S/c1-22(17-7-8-17)20(28)27(21(29)24-22)15-26-11-9-25(10-12-26)13-18-14-30-19(23-18)16-5-3-2-4-6-16/h2-6,14,17H,7-13,15H2,1H3,(H,24,29)/t22-/m0/s1. The van der Waals surface area contributed by atoms with E-state index in [0.717, 1.165) is 61.8 Å². The fraction of sp³-hybridized carbons (Fsp3) is 0.500. The Morgan fingerprint density at radius 3 is 2.50 bits per heavy atom. The number of nitrogens with zero attached hydrogens (tertiary/aromatic N) is 4. The van der Waals surface area contributed by atoms with Gasteiger partial charge in [-0.2, -0.15) is 0 Å². The highest BCUT2D eigenvalue weighted by molar-refractivity contribution is 7.13. The van der Waals surface area contributed by atoms with Crippen molar-refractivity contribution in [3.63, 3.8) is 0 Å². The molecule has 0 unspecified atom stereocenters. The minimum atomic E-state index is -0.694. The van der Waals surface area contributed by atoms with Gasteiger partial charge in [-0.15, -0.1) is 11.3 Å². The van der Waals surface area contributed by atoms with Gasteiger partial charge in [0.1, 0.15) is 10.5 Å². The number of carbonyl (C=O) groups is 2. The Balaban J connectivity index is 1.13. The largest absolute Gasteiger partial charge is 0.326 e. The molecule has 1 aliphatic carbocycles. The second kappa shape index (κ2) is 7.76. The van der Waals surface area contributed by atoms with Gasteiger partial charge in [-0.05, 0) is 25.7 Å². The molecule has 2 saturated heterocycles. The van der Waals surface area contributed by atoms with E-state index in [9.17, 15) is 9.59 Å². The number of amides is 3. The van der Waals surface area contributed by atoms with Gasteiger partial charge in [0, 0.05) is 43.7 Å². The van der Waals surface area contributed by atoms with Crippen LogP contribution in [0.1, 0.15) is 25.5 Å². The zero-order chi connectivity index (χ0) is 20.7. The van der Waals surface area contributed by atoms with E-state index in [0.29, 0.717) is 12.6 Å². The number of aromatic nitrogens is 1. The third kappa shape index (κ3) is 3.75. The number of piperazine rings is 1. The molecule has 0 bridgehead atoms. The second-order valence-electron chi connectivity index (χ2n) is 8.69. The molecule has 30 heavy (non-hydrogen) atoms. The summed E-state index contributed by atoms with van der Waals surface area (Å²) in [6, 6.07) is 10.0. The van der Waals surface area contributed by atoms with Crippen molar-refractivity contribution in [2.75, 3.05) is 32.8 Å². The molecule has 3 amide bonds. The molecule has 3 aliphatic rings. The quantitative estimate of drug-likeness (QED) is 0.721. The van der Waals surface area contributed by atoms with Crippen LogP contribution in [0.3, 0.4) is 0 Å². The van der Waals surface area contributed by atoms with Gasteiger partial charge in [0.25, 0.3) is 5.91 Å². The minimum absolute atomic E-state index is 0.0617. The van der Waals surface area contributed by atoms with Crippen molar-refractivity contribution in [3.05, 3.63) is 41.4 Å². The molecule has 3 fully saturated rings. The van der Waals surface area contributed by atoms with Crippen molar-refractivity contribution < 1.29 is 9.59 Å². The van der Waals surface area contributed by atoms with Gasteiger partial charge < -0.3 is 5.32 Å². The Bertz CT molecular complexity index is 936. The van der Waals surface area contributed by atoms with E-state index in [1.807, 2.05) is 25.1 Å². The summed E-state index contributed by atoms with van der Waals surface area (Å²) >= 11 is 1.68. The number of carbonyl (C=O) groups excluding carboxylic acids is 2. The molecule has 1 aromatic heterocycles. The molecule has 1 N–H and O–H groups in total. The summed E-state index contributed by atoms with van der Waals surface area (Å²) in [6.07, 6.45) is 2.05. The van der Waals surface area contributed by atoms with Gasteiger partial charge in [0.2, 0.25) is 0 Å². The summed E-state index contributed by atoms with van der Waals surface area (Å²) in [5.74, 6) is 0.239. The molecular formula is C22H27N5O2S. The Morgan fingerprint density at radius 1 is 1.10 bits per heavy atom. The molecule has 1 atom stereocenters. The topological polar surface area (TPSA) is 68.8 Å². The average molecular weight is 426 g/mol. The maximum atomic E-state index is 12.8. The molecular weight excluding hydrogens is 398 g/mol. The summed E-state index contributed by atoms with van der Waals surface area (Å²) < 4.78 is 0. The lowest BCUT2D eigenvalue weighted by Gasteiger charge is -2.35. The number of rotatable bonds is 6. The van der Waals surface area contributed by atoms with Crippen LogP contribution in [0.5, 0.6) is 0 Å². The highest BCUT2D eigenvalue weighted by Gasteiger charge is 2.56. The number of urea groups is 1. The van der Waals surface area contributed by atoms with E-state index in [2.05, 4.69) is 32.6 Å². The van der Waals surface area contributed by atoms with Gasteiger partial charge in [-0.25, -0.2) is 14.7 Å². The average Bonchev–Trinajstić information content (AvgIpc) is 3.48. The van der Waals surface area contributed by atoms with E-state index in [4.69, 9.17) is 4.98 Å². The Labute approximate surface area is 180 Å². The lowest BCUT2D eigenvalue weighted by atomic mass is 9.96. The molecule has 1 aromatic carbocycles. The maximum absolute atomic E-state index is 12.8. The normalized spacial score (nSPS) is 25.7. The first-order chi connectivity index (χ1) is 14.5. The van der Waals surface area contributed by atoms with Crippen LogP contribution >= 0.6 is 11.3 Å². The first kappa shape index (κ1) is 19.7.